The van der Waals surface area contributed by atoms with Crippen LogP contribution in [0, 0.1) is 16.7 Å². The van der Waals surface area contributed by atoms with E-state index >= 15 is 0 Å². The van der Waals surface area contributed by atoms with Gasteiger partial charge in [-0.1, -0.05) is 25.4 Å². The van der Waals surface area contributed by atoms with Gasteiger partial charge < -0.3 is 0 Å². The Balaban J connectivity index is 2.47. The van der Waals surface area contributed by atoms with Crippen molar-refractivity contribution in [3.63, 3.8) is 0 Å². The Labute approximate surface area is 109 Å². The molecule has 0 aromatic rings. The molecular weight excluding hydrogens is 226 g/mol. The zero-order chi connectivity index (χ0) is 13.5. The van der Waals surface area contributed by atoms with Gasteiger partial charge in [0.05, 0.1) is 6.07 Å². The van der Waals surface area contributed by atoms with E-state index in [-0.39, 0.29) is 5.54 Å². The van der Waals surface area contributed by atoms with Crippen molar-refractivity contribution in [3.05, 3.63) is 10.4 Å². The summed E-state index contributed by atoms with van der Waals surface area (Å²) in [6.07, 6.45) is 6.01. The minimum atomic E-state index is -0.371. The van der Waals surface area contributed by atoms with Gasteiger partial charge in [0, 0.05) is 11.5 Å². The maximum Gasteiger partial charge on any atom is 0.106 e. The number of azide groups is 1. The lowest BCUT2D eigenvalue weighted by molar-refractivity contribution is 0.298. The lowest BCUT2D eigenvalue weighted by atomic mass is 9.84. The van der Waals surface area contributed by atoms with Gasteiger partial charge in [0.2, 0.25) is 0 Å². The molecule has 1 aliphatic rings. The van der Waals surface area contributed by atoms with Crippen LogP contribution in [0.2, 0.25) is 0 Å². The maximum atomic E-state index is 9.44. The van der Waals surface area contributed by atoms with Gasteiger partial charge in [-0.15, -0.1) is 0 Å². The average Bonchev–Trinajstić information content (AvgIpc) is 2.49. The fourth-order valence-corrected chi connectivity index (χ4v) is 2.52. The van der Waals surface area contributed by atoms with Crippen LogP contribution in [-0.4, -0.2) is 18.6 Å². The van der Waals surface area contributed by atoms with E-state index in [9.17, 15) is 5.26 Å². The van der Waals surface area contributed by atoms with Crippen LogP contribution in [0.1, 0.15) is 52.4 Å². The Morgan fingerprint density at radius 1 is 1.33 bits per heavy atom. The predicted molar refractivity (Wildman–Crippen MR) is 71.8 cm³/mol. The van der Waals surface area contributed by atoms with Crippen LogP contribution < -0.4 is 5.32 Å². The lowest BCUT2D eigenvalue weighted by Crippen LogP contribution is -2.44. The third-order valence-corrected chi connectivity index (χ3v) is 3.86. The molecule has 1 aliphatic carbocycles. The summed E-state index contributed by atoms with van der Waals surface area (Å²) < 4.78 is 0. The van der Waals surface area contributed by atoms with E-state index in [4.69, 9.17) is 5.53 Å². The second-order valence-electron chi connectivity index (χ2n) is 5.95. The van der Waals surface area contributed by atoms with Crippen molar-refractivity contribution < 1.29 is 0 Å². The van der Waals surface area contributed by atoms with Crippen molar-refractivity contribution in [2.45, 2.75) is 57.9 Å². The summed E-state index contributed by atoms with van der Waals surface area (Å²) in [7, 11) is 0. The van der Waals surface area contributed by atoms with E-state index in [1.54, 1.807) is 0 Å². The first-order valence-corrected chi connectivity index (χ1v) is 6.71. The highest BCUT2D eigenvalue weighted by molar-refractivity contribution is 5.08. The van der Waals surface area contributed by atoms with E-state index in [1.165, 1.54) is 6.42 Å². The summed E-state index contributed by atoms with van der Waals surface area (Å²) >= 11 is 0. The zero-order valence-corrected chi connectivity index (χ0v) is 11.4. The quantitative estimate of drug-likeness (QED) is 0.266. The molecule has 0 aromatic carbocycles. The Morgan fingerprint density at radius 2 is 2.11 bits per heavy atom. The molecule has 0 spiro atoms. The SMILES string of the molecule is CC1(C)CCCC(C#N)(NCCCN=[N+]=[N-])CC1. The first-order chi connectivity index (χ1) is 8.54. The molecule has 0 bridgehead atoms. The molecule has 0 saturated heterocycles. The molecule has 1 unspecified atom stereocenters. The Kier molecular flexibility index (Phi) is 5.46. The molecule has 1 N–H and O–H groups in total. The number of nitrogens with zero attached hydrogens (tertiary/aromatic N) is 4. The largest absolute Gasteiger partial charge is 0.299 e. The highest BCUT2D eigenvalue weighted by Gasteiger charge is 2.35. The third-order valence-electron chi connectivity index (χ3n) is 3.86. The molecule has 18 heavy (non-hydrogen) atoms. The summed E-state index contributed by atoms with van der Waals surface area (Å²) in [6.45, 7) is 5.80. The van der Waals surface area contributed by atoms with E-state index in [2.05, 4.69) is 35.3 Å². The number of nitrogens with one attached hydrogen (secondary N) is 1. The Bertz CT molecular complexity index is 351. The van der Waals surface area contributed by atoms with Crippen molar-refractivity contribution >= 4 is 0 Å². The number of hydrogen-bond donors (Lipinski definition) is 1. The van der Waals surface area contributed by atoms with E-state index in [0.29, 0.717) is 12.0 Å². The predicted octanol–water partition coefficient (Wildman–Crippen LogP) is 3.53. The summed E-state index contributed by atoms with van der Waals surface area (Å²) in [5.41, 5.74) is 8.17. The standard InChI is InChI=1S/C13H23N5/c1-12(2)5-3-6-13(11-14,8-7-12)16-9-4-10-17-18-15/h16H,3-10H2,1-2H3. The van der Waals surface area contributed by atoms with Gasteiger partial charge in [-0.05, 0) is 49.6 Å². The topological polar surface area (TPSA) is 84.6 Å². The van der Waals surface area contributed by atoms with E-state index in [1.807, 2.05) is 0 Å². The normalized spacial score (nSPS) is 26.7. The fraction of sp³-hybridized carbons (Fsp3) is 0.923. The highest BCUT2D eigenvalue weighted by Crippen LogP contribution is 2.37. The third kappa shape index (κ3) is 4.56. The van der Waals surface area contributed by atoms with Crippen molar-refractivity contribution in [2.75, 3.05) is 13.1 Å². The van der Waals surface area contributed by atoms with Gasteiger partial charge in [-0.3, -0.25) is 5.32 Å². The van der Waals surface area contributed by atoms with Gasteiger partial charge in [0.1, 0.15) is 5.54 Å². The highest BCUT2D eigenvalue weighted by atomic mass is 15.1. The van der Waals surface area contributed by atoms with Crippen LogP contribution >= 0.6 is 0 Å². The molecule has 0 aromatic heterocycles. The summed E-state index contributed by atoms with van der Waals surface area (Å²) in [6, 6.07) is 2.47. The molecule has 1 atom stereocenters. The van der Waals surface area contributed by atoms with Crippen LogP contribution in [0.25, 0.3) is 10.4 Å². The first-order valence-electron chi connectivity index (χ1n) is 6.71. The zero-order valence-electron chi connectivity index (χ0n) is 11.4. The monoisotopic (exact) mass is 249 g/mol. The minimum absolute atomic E-state index is 0.353. The molecule has 100 valence electrons. The molecule has 0 radical (unpaired) electrons. The van der Waals surface area contributed by atoms with Gasteiger partial charge in [-0.2, -0.15) is 5.26 Å². The van der Waals surface area contributed by atoms with Crippen molar-refractivity contribution in [1.82, 2.24) is 5.32 Å². The molecule has 1 fully saturated rings. The average molecular weight is 249 g/mol. The van der Waals surface area contributed by atoms with Gasteiger partial charge >= 0.3 is 0 Å². The van der Waals surface area contributed by atoms with Gasteiger partial charge in [-0.25, -0.2) is 0 Å². The molecule has 1 saturated carbocycles. The summed E-state index contributed by atoms with van der Waals surface area (Å²) in [4.78, 5) is 2.72. The second-order valence-corrected chi connectivity index (χ2v) is 5.95. The maximum absolute atomic E-state index is 9.44. The Morgan fingerprint density at radius 3 is 2.78 bits per heavy atom. The molecule has 5 heteroatoms. The van der Waals surface area contributed by atoms with Crippen LogP contribution in [0.5, 0.6) is 0 Å². The molecule has 5 nitrogen and oxygen atoms in total. The van der Waals surface area contributed by atoms with Crippen LogP contribution in [0.4, 0.5) is 0 Å². The number of hydrogen-bond acceptors (Lipinski definition) is 3. The molecule has 1 rings (SSSR count). The number of rotatable bonds is 5. The first kappa shape index (κ1) is 14.8. The van der Waals surface area contributed by atoms with Crippen LogP contribution in [0.15, 0.2) is 5.11 Å². The van der Waals surface area contributed by atoms with Crippen LogP contribution in [0.3, 0.4) is 0 Å². The van der Waals surface area contributed by atoms with Gasteiger partial charge in [0.25, 0.3) is 0 Å². The van der Waals surface area contributed by atoms with Crippen molar-refractivity contribution in [2.24, 2.45) is 10.5 Å². The molecular formula is C13H23N5. The second kappa shape index (κ2) is 6.63. The van der Waals surface area contributed by atoms with E-state index < -0.39 is 0 Å². The molecule has 0 heterocycles. The van der Waals surface area contributed by atoms with Gasteiger partial charge in [0.15, 0.2) is 0 Å². The Hall–Kier alpha value is -1.24. The lowest BCUT2D eigenvalue weighted by Gasteiger charge is -2.27. The molecule has 0 amide bonds. The summed E-state index contributed by atoms with van der Waals surface area (Å²) in [5, 5.41) is 16.3. The van der Waals surface area contributed by atoms with Crippen LogP contribution in [-0.2, 0) is 0 Å². The summed E-state index contributed by atoms with van der Waals surface area (Å²) in [5.74, 6) is 0. The smallest absolute Gasteiger partial charge is 0.106 e. The van der Waals surface area contributed by atoms with Crippen molar-refractivity contribution in [3.8, 4) is 6.07 Å². The number of nitriles is 1. The van der Waals surface area contributed by atoms with E-state index in [0.717, 1.165) is 38.6 Å². The van der Waals surface area contributed by atoms with Crippen molar-refractivity contribution in [1.29, 1.82) is 5.26 Å². The molecule has 0 aliphatic heterocycles. The minimum Gasteiger partial charge on any atom is -0.299 e. The fourth-order valence-electron chi connectivity index (χ4n) is 2.52.